The number of benzene rings is 1. The number of hydrogen-bond donors (Lipinski definition) is 1. The minimum Gasteiger partial charge on any atom is -0.406 e. The van der Waals surface area contributed by atoms with Crippen molar-refractivity contribution in [1.29, 1.82) is 0 Å². The number of halogens is 3. The van der Waals surface area contributed by atoms with Gasteiger partial charge in [-0.25, -0.2) is 0 Å². The molecule has 1 heterocycles. The molecule has 0 fully saturated rings. The monoisotopic (exact) mass is 276 g/mol. The Morgan fingerprint density at radius 2 is 2.22 bits per heavy atom. The summed E-state index contributed by atoms with van der Waals surface area (Å²) in [6, 6.07) is 5.93. The summed E-state index contributed by atoms with van der Waals surface area (Å²) in [5, 5.41) is 3.68. The summed E-state index contributed by atoms with van der Waals surface area (Å²) >= 11 is 1.54. The SMILES string of the molecule is CC1CSC(Nc2cccc(OC(F)(F)F)c2)=N1. The van der Waals surface area contributed by atoms with Crippen LogP contribution < -0.4 is 10.1 Å². The maximum Gasteiger partial charge on any atom is 0.573 e. The number of aliphatic imine (C=N–C) groups is 1. The molecular weight excluding hydrogens is 265 g/mol. The van der Waals surface area contributed by atoms with Gasteiger partial charge in [-0.15, -0.1) is 13.2 Å². The third kappa shape index (κ3) is 3.83. The number of nitrogens with one attached hydrogen (secondary N) is 1. The van der Waals surface area contributed by atoms with Crippen molar-refractivity contribution in [2.45, 2.75) is 19.3 Å². The van der Waals surface area contributed by atoms with Gasteiger partial charge in [-0.05, 0) is 19.1 Å². The van der Waals surface area contributed by atoms with E-state index in [1.54, 1.807) is 17.8 Å². The van der Waals surface area contributed by atoms with Gasteiger partial charge >= 0.3 is 6.36 Å². The van der Waals surface area contributed by atoms with Gasteiger partial charge in [0.1, 0.15) is 5.75 Å². The highest BCUT2D eigenvalue weighted by Gasteiger charge is 2.31. The molecular formula is C11H11F3N2OS. The Hall–Kier alpha value is -1.37. The molecule has 18 heavy (non-hydrogen) atoms. The van der Waals surface area contributed by atoms with Crippen molar-refractivity contribution >= 4 is 22.6 Å². The molecule has 1 aromatic carbocycles. The fourth-order valence-electron chi connectivity index (χ4n) is 1.44. The molecule has 0 bridgehead atoms. The molecule has 0 radical (unpaired) electrons. The van der Waals surface area contributed by atoms with Gasteiger partial charge in [0.05, 0.1) is 6.04 Å². The average molecular weight is 276 g/mol. The summed E-state index contributed by atoms with van der Waals surface area (Å²) in [5.41, 5.74) is 0.525. The second-order valence-corrected chi connectivity index (χ2v) is 4.80. The molecule has 0 saturated heterocycles. The largest absolute Gasteiger partial charge is 0.573 e. The summed E-state index contributed by atoms with van der Waals surface area (Å²) in [6.45, 7) is 1.98. The van der Waals surface area contributed by atoms with Crippen LogP contribution in [-0.2, 0) is 0 Å². The second kappa shape index (κ2) is 5.09. The molecule has 1 aliphatic heterocycles. The van der Waals surface area contributed by atoms with E-state index >= 15 is 0 Å². The van der Waals surface area contributed by atoms with E-state index in [2.05, 4.69) is 15.0 Å². The van der Waals surface area contributed by atoms with Crippen LogP contribution in [-0.4, -0.2) is 23.3 Å². The lowest BCUT2D eigenvalue weighted by Crippen LogP contribution is -2.17. The third-order valence-electron chi connectivity index (χ3n) is 2.12. The first kappa shape index (κ1) is 13.1. The molecule has 1 aromatic rings. The Morgan fingerprint density at radius 1 is 1.44 bits per heavy atom. The summed E-state index contributed by atoms with van der Waals surface area (Å²) < 4.78 is 40.0. The summed E-state index contributed by atoms with van der Waals surface area (Å²) in [5.74, 6) is 0.630. The van der Waals surface area contributed by atoms with Gasteiger partial charge < -0.3 is 10.1 Å². The highest BCUT2D eigenvalue weighted by atomic mass is 32.2. The predicted octanol–water partition coefficient (Wildman–Crippen LogP) is 3.49. The number of amidine groups is 1. The Labute approximate surface area is 106 Å². The van der Waals surface area contributed by atoms with Gasteiger partial charge in [0.15, 0.2) is 5.17 Å². The molecule has 0 aromatic heterocycles. The number of hydrogen-bond acceptors (Lipinski definition) is 4. The molecule has 2 rings (SSSR count). The Balaban J connectivity index is 2.06. The van der Waals surface area contributed by atoms with E-state index in [1.807, 2.05) is 6.92 Å². The molecule has 0 aliphatic carbocycles. The highest BCUT2D eigenvalue weighted by Crippen LogP contribution is 2.26. The Bertz CT molecular complexity index is 462. The number of rotatable bonds is 2. The molecule has 1 atom stereocenters. The lowest BCUT2D eigenvalue weighted by atomic mass is 10.3. The van der Waals surface area contributed by atoms with Crippen molar-refractivity contribution in [3.63, 3.8) is 0 Å². The Morgan fingerprint density at radius 3 is 2.83 bits per heavy atom. The predicted molar refractivity (Wildman–Crippen MR) is 66.1 cm³/mol. The van der Waals surface area contributed by atoms with E-state index in [4.69, 9.17) is 0 Å². The van der Waals surface area contributed by atoms with Crippen molar-refractivity contribution in [1.82, 2.24) is 0 Å². The minimum atomic E-state index is -4.67. The summed E-state index contributed by atoms with van der Waals surface area (Å²) in [6.07, 6.45) is -4.67. The fourth-order valence-corrected chi connectivity index (χ4v) is 2.36. The maximum absolute atomic E-state index is 12.1. The van der Waals surface area contributed by atoms with Crippen LogP contribution in [0, 0.1) is 0 Å². The van der Waals surface area contributed by atoms with Gasteiger partial charge in [-0.2, -0.15) is 0 Å². The second-order valence-electron chi connectivity index (χ2n) is 3.79. The van der Waals surface area contributed by atoms with Crippen molar-refractivity contribution in [3.05, 3.63) is 24.3 Å². The molecule has 7 heteroatoms. The first-order chi connectivity index (χ1) is 8.42. The summed E-state index contributed by atoms with van der Waals surface area (Å²) in [4.78, 5) is 4.29. The number of nitrogens with zero attached hydrogens (tertiary/aromatic N) is 1. The highest BCUT2D eigenvalue weighted by molar-refractivity contribution is 8.14. The molecule has 0 saturated carbocycles. The smallest absolute Gasteiger partial charge is 0.406 e. The lowest BCUT2D eigenvalue weighted by molar-refractivity contribution is -0.274. The van der Waals surface area contributed by atoms with Crippen molar-refractivity contribution < 1.29 is 17.9 Å². The zero-order chi connectivity index (χ0) is 13.2. The summed E-state index contributed by atoms with van der Waals surface area (Å²) in [7, 11) is 0. The van der Waals surface area contributed by atoms with Crippen molar-refractivity contribution in [2.24, 2.45) is 4.99 Å². The van der Waals surface area contributed by atoms with Crippen molar-refractivity contribution in [3.8, 4) is 5.75 Å². The minimum absolute atomic E-state index is 0.229. The molecule has 1 N–H and O–H groups in total. The standard InChI is InChI=1S/C11H11F3N2OS/c1-7-6-18-10(15-7)16-8-3-2-4-9(5-8)17-11(12,13)14/h2-5,7H,6H2,1H3,(H,15,16). The maximum atomic E-state index is 12.1. The number of ether oxygens (including phenoxy) is 1. The molecule has 3 nitrogen and oxygen atoms in total. The quantitative estimate of drug-likeness (QED) is 0.897. The zero-order valence-electron chi connectivity index (χ0n) is 9.49. The van der Waals surface area contributed by atoms with E-state index < -0.39 is 6.36 Å². The number of anilines is 1. The van der Waals surface area contributed by atoms with Gasteiger partial charge in [0.25, 0.3) is 0 Å². The number of alkyl halides is 3. The normalized spacial score (nSPS) is 19.6. The number of thioether (sulfide) groups is 1. The van der Waals surface area contributed by atoms with Crippen LogP contribution in [0.5, 0.6) is 5.75 Å². The molecule has 1 aliphatic rings. The van der Waals surface area contributed by atoms with Gasteiger partial charge in [-0.1, -0.05) is 17.8 Å². The molecule has 0 amide bonds. The third-order valence-corrected chi connectivity index (χ3v) is 3.25. The van der Waals surface area contributed by atoms with Crippen LogP contribution in [0.4, 0.5) is 18.9 Å². The first-order valence-electron chi connectivity index (χ1n) is 5.26. The zero-order valence-corrected chi connectivity index (χ0v) is 10.3. The van der Waals surface area contributed by atoms with E-state index in [0.29, 0.717) is 10.9 Å². The van der Waals surface area contributed by atoms with Crippen LogP contribution >= 0.6 is 11.8 Å². The van der Waals surface area contributed by atoms with Crippen LogP contribution in [0.25, 0.3) is 0 Å². The van der Waals surface area contributed by atoms with Crippen molar-refractivity contribution in [2.75, 3.05) is 11.1 Å². The molecule has 1 unspecified atom stereocenters. The van der Waals surface area contributed by atoms with E-state index in [9.17, 15) is 13.2 Å². The Kier molecular flexibility index (Phi) is 3.70. The first-order valence-corrected chi connectivity index (χ1v) is 6.24. The molecule has 0 spiro atoms. The lowest BCUT2D eigenvalue weighted by Gasteiger charge is -2.10. The van der Waals surface area contributed by atoms with Gasteiger partial charge in [-0.3, -0.25) is 4.99 Å². The average Bonchev–Trinajstić information content (AvgIpc) is 2.62. The van der Waals surface area contributed by atoms with Gasteiger partial charge in [0.2, 0.25) is 0 Å². The molecule has 98 valence electrons. The fraction of sp³-hybridized carbons (Fsp3) is 0.364. The van der Waals surface area contributed by atoms with E-state index in [-0.39, 0.29) is 11.8 Å². The topological polar surface area (TPSA) is 33.6 Å². The van der Waals surface area contributed by atoms with Crippen LogP contribution in [0.3, 0.4) is 0 Å². The van der Waals surface area contributed by atoms with Crippen LogP contribution in [0.1, 0.15) is 6.92 Å². The van der Waals surface area contributed by atoms with Crippen LogP contribution in [0.15, 0.2) is 29.3 Å². The van der Waals surface area contributed by atoms with Crippen LogP contribution in [0.2, 0.25) is 0 Å². The van der Waals surface area contributed by atoms with Gasteiger partial charge in [0, 0.05) is 17.5 Å². The van der Waals surface area contributed by atoms with E-state index in [1.165, 1.54) is 18.2 Å². The van der Waals surface area contributed by atoms with E-state index in [0.717, 1.165) is 5.75 Å².